The van der Waals surface area contributed by atoms with E-state index in [4.69, 9.17) is 0 Å². The highest BCUT2D eigenvalue weighted by Gasteiger charge is 2.34. The van der Waals surface area contributed by atoms with Gasteiger partial charge in [0.05, 0.1) is 5.69 Å². The number of aryl methyl sites for hydroxylation is 3. The fourth-order valence-corrected chi connectivity index (χ4v) is 3.50. The molecule has 2 N–H and O–H groups in total. The van der Waals surface area contributed by atoms with E-state index in [2.05, 4.69) is 15.6 Å². The Kier molecular flexibility index (Phi) is 5.27. The van der Waals surface area contributed by atoms with Crippen LogP contribution in [0.15, 0.2) is 18.2 Å². The number of amides is 3. The molecule has 26 heavy (non-hydrogen) atoms. The van der Waals surface area contributed by atoms with Crippen LogP contribution in [-0.4, -0.2) is 34.4 Å². The number of nitrogens with zero attached hydrogens (tertiary/aromatic N) is 2. The summed E-state index contributed by atoms with van der Waals surface area (Å²) >= 11 is 1.45. The van der Waals surface area contributed by atoms with E-state index in [1.165, 1.54) is 11.3 Å². The van der Waals surface area contributed by atoms with Gasteiger partial charge in [-0.15, -0.1) is 11.3 Å². The van der Waals surface area contributed by atoms with E-state index in [9.17, 15) is 9.59 Å². The Bertz CT molecular complexity index is 823. The number of anilines is 2. The molecule has 1 aromatic heterocycles. The molecule has 1 saturated carbocycles. The molecule has 2 aromatic rings. The van der Waals surface area contributed by atoms with Crippen LogP contribution in [0.3, 0.4) is 0 Å². The Labute approximate surface area is 157 Å². The molecule has 1 fully saturated rings. The lowest BCUT2D eigenvalue weighted by Gasteiger charge is -2.23. The molecule has 0 bridgehead atoms. The first-order chi connectivity index (χ1) is 12.3. The van der Waals surface area contributed by atoms with Crippen molar-refractivity contribution >= 4 is 34.1 Å². The number of hydrogen-bond acceptors (Lipinski definition) is 4. The summed E-state index contributed by atoms with van der Waals surface area (Å²) in [6.07, 6.45) is 1.87. The van der Waals surface area contributed by atoms with Crippen molar-refractivity contribution in [3.63, 3.8) is 0 Å². The number of carbonyl (C=O) groups excluding carboxylic acids is 2. The van der Waals surface area contributed by atoms with E-state index in [1.54, 1.807) is 4.90 Å². The molecule has 0 aliphatic heterocycles. The highest BCUT2D eigenvalue weighted by molar-refractivity contribution is 7.15. The van der Waals surface area contributed by atoms with E-state index >= 15 is 0 Å². The third-order valence-electron chi connectivity index (χ3n) is 4.68. The minimum absolute atomic E-state index is 0.0268. The van der Waals surface area contributed by atoms with Crippen molar-refractivity contribution in [2.45, 2.75) is 46.6 Å². The normalized spacial score (nSPS) is 13.4. The Hall–Kier alpha value is -2.41. The van der Waals surface area contributed by atoms with E-state index in [0.29, 0.717) is 5.13 Å². The van der Waals surface area contributed by atoms with Gasteiger partial charge in [-0.25, -0.2) is 9.78 Å². The minimum Gasteiger partial charge on any atom is -0.312 e. The van der Waals surface area contributed by atoms with Crippen LogP contribution in [0.5, 0.6) is 0 Å². The maximum atomic E-state index is 12.7. The molecule has 0 saturated heterocycles. The smallest absolute Gasteiger partial charge is 0.312 e. The lowest BCUT2D eigenvalue weighted by molar-refractivity contribution is -0.116. The molecule has 3 rings (SSSR count). The summed E-state index contributed by atoms with van der Waals surface area (Å²) in [6.45, 7) is 7.90. The van der Waals surface area contributed by atoms with Gasteiger partial charge in [0.2, 0.25) is 5.91 Å². The second-order valence-electron chi connectivity index (χ2n) is 6.75. The Morgan fingerprint density at radius 2 is 1.92 bits per heavy atom. The van der Waals surface area contributed by atoms with Gasteiger partial charge in [-0.2, -0.15) is 0 Å². The molecule has 0 atom stereocenters. The number of benzene rings is 1. The molecule has 1 aliphatic rings. The van der Waals surface area contributed by atoms with Crippen LogP contribution in [0.25, 0.3) is 0 Å². The van der Waals surface area contributed by atoms with Gasteiger partial charge in [-0.3, -0.25) is 4.79 Å². The van der Waals surface area contributed by atoms with Gasteiger partial charge >= 0.3 is 6.03 Å². The lowest BCUT2D eigenvalue weighted by Crippen LogP contribution is -2.42. The van der Waals surface area contributed by atoms with Crippen molar-refractivity contribution in [3.05, 3.63) is 39.9 Å². The number of hydrogen-bond donors (Lipinski definition) is 2. The van der Waals surface area contributed by atoms with Crippen LogP contribution >= 0.6 is 11.3 Å². The Balaban J connectivity index is 1.66. The van der Waals surface area contributed by atoms with Gasteiger partial charge in [0.25, 0.3) is 0 Å². The molecule has 0 radical (unpaired) electrons. The summed E-state index contributed by atoms with van der Waals surface area (Å²) in [5.74, 6) is -0.221. The number of carbonyl (C=O) groups is 2. The predicted octanol–water partition coefficient (Wildman–Crippen LogP) is 4.01. The van der Waals surface area contributed by atoms with Gasteiger partial charge in [0.15, 0.2) is 5.13 Å². The molecular weight excluding hydrogens is 348 g/mol. The zero-order chi connectivity index (χ0) is 18.8. The molecule has 7 heteroatoms. The van der Waals surface area contributed by atoms with Gasteiger partial charge < -0.3 is 15.5 Å². The molecule has 3 amide bonds. The topological polar surface area (TPSA) is 74.3 Å². The highest BCUT2D eigenvalue weighted by atomic mass is 32.1. The standard InChI is InChI=1S/C19H24N4O2S/c1-11-6-5-7-16(12(11)2)21-19(25)23(15-8-9-15)10-17(24)22-18-20-13(3)14(4)26-18/h5-7,15H,8-10H2,1-4H3,(H,21,25)(H,20,22,24). The van der Waals surface area contributed by atoms with Crippen LogP contribution in [-0.2, 0) is 4.79 Å². The minimum atomic E-state index is -0.233. The lowest BCUT2D eigenvalue weighted by atomic mass is 10.1. The maximum absolute atomic E-state index is 12.7. The van der Waals surface area contributed by atoms with Crippen LogP contribution in [0.2, 0.25) is 0 Å². The molecule has 1 aromatic carbocycles. The first kappa shape index (κ1) is 18.4. The quantitative estimate of drug-likeness (QED) is 0.833. The van der Waals surface area contributed by atoms with Crippen molar-refractivity contribution in [3.8, 4) is 0 Å². The first-order valence-electron chi connectivity index (χ1n) is 8.73. The van der Waals surface area contributed by atoms with E-state index in [1.807, 2.05) is 45.9 Å². The summed E-state index contributed by atoms with van der Waals surface area (Å²) in [5.41, 5.74) is 3.85. The van der Waals surface area contributed by atoms with E-state index in [0.717, 1.165) is 40.2 Å². The molecule has 0 unspecified atom stereocenters. The van der Waals surface area contributed by atoms with Gasteiger partial charge in [-0.05, 0) is 57.7 Å². The monoisotopic (exact) mass is 372 g/mol. The third-order valence-corrected chi connectivity index (χ3v) is 5.67. The maximum Gasteiger partial charge on any atom is 0.322 e. The fourth-order valence-electron chi connectivity index (χ4n) is 2.67. The second kappa shape index (κ2) is 7.45. The number of urea groups is 1. The number of thiazole rings is 1. The summed E-state index contributed by atoms with van der Waals surface area (Å²) in [6, 6.07) is 5.70. The van der Waals surface area contributed by atoms with E-state index < -0.39 is 0 Å². The predicted molar refractivity (Wildman–Crippen MR) is 105 cm³/mol. The average Bonchev–Trinajstić information content (AvgIpc) is 3.36. The van der Waals surface area contributed by atoms with Crippen LogP contribution < -0.4 is 10.6 Å². The largest absolute Gasteiger partial charge is 0.322 e. The highest BCUT2D eigenvalue weighted by Crippen LogP contribution is 2.28. The van der Waals surface area contributed by atoms with Crippen molar-refractivity contribution < 1.29 is 9.59 Å². The molecule has 0 spiro atoms. The second-order valence-corrected chi connectivity index (χ2v) is 7.95. The number of aromatic nitrogens is 1. The SMILES string of the molecule is Cc1cccc(NC(=O)N(CC(=O)Nc2nc(C)c(C)s2)C2CC2)c1C. The Morgan fingerprint density at radius 3 is 2.54 bits per heavy atom. The zero-order valence-electron chi connectivity index (χ0n) is 15.5. The van der Waals surface area contributed by atoms with Crippen LogP contribution in [0, 0.1) is 27.7 Å². The average molecular weight is 372 g/mol. The van der Waals surface area contributed by atoms with Crippen LogP contribution in [0.1, 0.15) is 34.5 Å². The fraction of sp³-hybridized carbons (Fsp3) is 0.421. The molecular formula is C19H24N4O2S. The summed E-state index contributed by atoms with van der Waals surface area (Å²) < 4.78 is 0. The number of rotatable bonds is 5. The van der Waals surface area contributed by atoms with Crippen molar-refractivity contribution in [1.82, 2.24) is 9.88 Å². The van der Waals surface area contributed by atoms with E-state index in [-0.39, 0.29) is 24.5 Å². The van der Waals surface area contributed by atoms with Crippen molar-refractivity contribution in [2.24, 2.45) is 0 Å². The molecule has 138 valence electrons. The van der Waals surface area contributed by atoms with Gasteiger partial charge in [0, 0.05) is 16.6 Å². The molecule has 1 aliphatic carbocycles. The van der Waals surface area contributed by atoms with Crippen molar-refractivity contribution in [1.29, 1.82) is 0 Å². The first-order valence-corrected chi connectivity index (χ1v) is 9.54. The van der Waals surface area contributed by atoms with Gasteiger partial charge in [-0.1, -0.05) is 12.1 Å². The van der Waals surface area contributed by atoms with Crippen LogP contribution in [0.4, 0.5) is 15.6 Å². The third kappa shape index (κ3) is 4.22. The summed E-state index contributed by atoms with van der Waals surface area (Å²) in [5, 5.41) is 6.33. The summed E-state index contributed by atoms with van der Waals surface area (Å²) in [7, 11) is 0. The van der Waals surface area contributed by atoms with Gasteiger partial charge in [0.1, 0.15) is 6.54 Å². The molecule has 6 nitrogen and oxygen atoms in total. The van der Waals surface area contributed by atoms with Crippen molar-refractivity contribution in [2.75, 3.05) is 17.2 Å². The Morgan fingerprint density at radius 1 is 1.19 bits per heavy atom. The summed E-state index contributed by atoms with van der Waals surface area (Å²) in [4.78, 5) is 32.1. The zero-order valence-corrected chi connectivity index (χ0v) is 16.4. The number of nitrogens with one attached hydrogen (secondary N) is 2. The molecule has 1 heterocycles.